The Morgan fingerprint density at radius 1 is 0.426 bits per heavy atom. The summed E-state index contributed by atoms with van der Waals surface area (Å²) in [6, 6.07) is 47.1. The molecule has 0 aromatic heterocycles. The van der Waals surface area contributed by atoms with E-state index in [2.05, 4.69) is 138 Å². The first-order valence-corrected chi connectivity index (χ1v) is 18.9. The van der Waals surface area contributed by atoms with Crippen LogP contribution in [0.4, 0.5) is 11.4 Å². The second-order valence-corrected chi connectivity index (χ2v) is 13.0. The second-order valence-electron chi connectivity index (χ2n) is 13.0. The molecule has 286 valence electrons. The summed E-state index contributed by atoms with van der Waals surface area (Å²) >= 11 is 0. The molecule has 0 saturated carbocycles. The van der Waals surface area contributed by atoms with Crippen LogP contribution in [0.5, 0.6) is 0 Å². The van der Waals surface area contributed by atoms with Crippen LogP contribution in [0.25, 0.3) is 0 Å². The van der Waals surface area contributed by atoms with Crippen LogP contribution in [0.1, 0.15) is 45.2 Å². The summed E-state index contributed by atoms with van der Waals surface area (Å²) in [5.74, 6) is -0.192. The predicted octanol–water partition coefficient (Wildman–Crippen LogP) is 7.79. The van der Waals surface area contributed by atoms with Crippen molar-refractivity contribution >= 4 is 11.4 Å². The number of ether oxygens (including phenoxy) is 6. The van der Waals surface area contributed by atoms with E-state index >= 15 is 0 Å². The zero-order valence-corrected chi connectivity index (χ0v) is 31.8. The second kappa shape index (κ2) is 23.3. The number of hydrogen-bond donors (Lipinski definition) is 1. The van der Waals surface area contributed by atoms with Gasteiger partial charge in [0.25, 0.3) is 0 Å². The molecular weight excluding hydrogens is 677 g/mol. The van der Waals surface area contributed by atoms with Gasteiger partial charge in [0, 0.05) is 50.5 Å². The first kappa shape index (κ1) is 40.6. The number of nitrogens with zero attached hydrogens (tertiary/aromatic N) is 1. The fourth-order valence-electron chi connectivity index (χ4n) is 6.68. The van der Waals surface area contributed by atoms with E-state index < -0.39 is 0 Å². The first-order chi connectivity index (χ1) is 26.7. The monoisotopic (exact) mass is 732 g/mol. The van der Waals surface area contributed by atoms with Crippen molar-refractivity contribution in [3.63, 3.8) is 0 Å². The Morgan fingerprint density at radius 2 is 0.722 bits per heavy atom. The van der Waals surface area contributed by atoms with Crippen LogP contribution in [0.3, 0.4) is 0 Å². The summed E-state index contributed by atoms with van der Waals surface area (Å²) in [5, 5.41) is 0. The highest BCUT2D eigenvalue weighted by molar-refractivity contribution is 5.70. The third-order valence-electron chi connectivity index (χ3n) is 9.37. The molecule has 0 amide bonds. The van der Waals surface area contributed by atoms with Gasteiger partial charge in [0.2, 0.25) is 0 Å². The molecule has 54 heavy (non-hydrogen) atoms. The molecule has 0 fully saturated rings. The van der Waals surface area contributed by atoms with E-state index in [0.717, 1.165) is 22.5 Å². The standard InChI is InChI=1S/C46H56N2O6/c1-49-27-29-53-33-31-51-25-23-48(24-26-52-32-34-54-30-28-50-2)41-35-42(44(37-15-7-3-8-16-37)38-17-9-4-10-18-38)46(47)43(36-41)45(39-19-11-5-12-20-39)40-21-13-6-14-22-40/h3-22,35-36,44-45H,23-34,47H2,1-2H3. The largest absolute Gasteiger partial charge is 0.398 e. The van der Waals surface area contributed by atoms with Gasteiger partial charge in [-0.05, 0) is 45.5 Å². The van der Waals surface area contributed by atoms with Crippen LogP contribution < -0.4 is 10.6 Å². The molecule has 0 aliphatic heterocycles. The normalized spacial score (nSPS) is 11.4. The Bertz CT molecular complexity index is 1520. The lowest BCUT2D eigenvalue weighted by Gasteiger charge is -2.31. The molecule has 5 aromatic carbocycles. The Labute approximate surface area is 321 Å². The van der Waals surface area contributed by atoms with E-state index in [1.165, 1.54) is 22.3 Å². The van der Waals surface area contributed by atoms with Gasteiger partial charge in [-0.1, -0.05) is 121 Å². The summed E-state index contributed by atoms with van der Waals surface area (Å²) in [7, 11) is 3.34. The van der Waals surface area contributed by atoms with Gasteiger partial charge in [-0.15, -0.1) is 0 Å². The number of benzene rings is 5. The number of anilines is 2. The Kier molecular flexibility index (Phi) is 17.5. The van der Waals surface area contributed by atoms with Gasteiger partial charge < -0.3 is 39.1 Å². The summed E-state index contributed by atoms with van der Waals surface area (Å²) in [5.41, 5.74) is 16.1. The third-order valence-corrected chi connectivity index (χ3v) is 9.37. The van der Waals surface area contributed by atoms with Crippen molar-refractivity contribution in [2.45, 2.75) is 11.8 Å². The zero-order chi connectivity index (χ0) is 37.6. The van der Waals surface area contributed by atoms with Gasteiger partial charge in [-0.25, -0.2) is 0 Å². The highest BCUT2D eigenvalue weighted by atomic mass is 16.5. The van der Waals surface area contributed by atoms with Gasteiger partial charge in [-0.2, -0.15) is 0 Å². The molecule has 0 bridgehead atoms. The minimum atomic E-state index is -0.0962. The van der Waals surface area contributed by atoms with Gasteiger partial charge in [0.05, 0.1) is 66.1 Å². The van der Waals surface area contributed by atoms with Gasteiger partial charge in [0.15, 0.2) is 0 Å². The number of methoxy groups -OCH3 is 2. The number of nitrogen functional groups attached to an aromatic ring is 1. The van der Waals surface area contributed by atoms with E-state index in [9.17, 15) is 0 Å². The van der Waals surface area contributed by atoms with E-state index in [-0.39, 0.29) is 11.8 Å². The summed E-state index contributed by atoms with van der Waals surface area (Å²) in [6.45, 7) is 6.57. The van der Waals surface area contributed by atoms with Crippen LogP contribution >= 0.6 is 0 Å². The number of nitrogens with two attached hydrogens (primary N) is 1. The van der Waals surface area contributed by atoms with Crippen molar-refractivity contribution in [2.75, 3.05) is 104 Å². The maximum atomic E-state index is 7.47. The maximum absolute atomic E-state index is 7.47. The molecular formula is C46H56N2O6. The lowest BCUT2D eigenvalue weighted by Crippen LogP contribution is -2.32. The van der Waals surface area contributed by atoms with Crippen molar-refractivity contribution in [1.82, 2.24) is 0 Å². The fraction of sp³-hybridized carbons (Fsp3) is 0.348. The molecule has 0 unspecified atom stereocenters. The minimum Gasteiger partial charge on any atom is -0.398 e. The predicted molar refractivity (Wildman–Crippen MR) is 218 cm³/mol. The molecule has 0 atom stereocenters. The Hall–Kier alpha value is -4.54. The molecule has 2 N–H and O–H groups in total. The smallest absolute Gasteiger partial charge is 0.0701 e. The van der Waals surface area contributed by atoms with Crippen LogP contribution in [0.15, 0.2) is 133 Å². The van der Waals surface area contributed by atoms with E-state index in [1.807, 2.05) is 0 Å². The lowest BCUT2D eigenvalue weighted by molar-refractivity contribution is 0.0235. The average Bonchev–Trinajstić information content (AvgIpc) is 3.22. The summed E-state index contributed by atoms with van der Waals surface area (Å²) in [4.78, 5) is 2.35. The summed E-state index contributed by atoms with van der Waals surface area (Å²) < 4.78 is 33.7. The fourth-order valence-corrected chi connectivity index (χ4v) is 6.68. The van der Waals surface area contributed by atoms with Crippen LogP contribution in [-0.4, -0.2) is 93.4 Å². The highest BCUT2D eigenvalue weighted by Crippen LogP contribution is 2.44. The number of rotatable bonds is 25. The van der Waals surface area contributed by atoms with Crippen LogP contribution in [-0.2, 0) is 28.4 Å². The first-order valence-electron chi connectivity index (χ1n) is 18.9. The SMILES string of the molecule is COCCOCCOCCN(CCOCCOCCOC)c1cc(C(c2ccccc2)c2ccccc2)c(N)c(C(c2ccccc2)c2ccccc2)c1. The molecule has 0 aliphatic rings. The van der Waals surface area contributed by atoms with E-state index in [0.29, 0.717) is 79.2 Å². The third kappa shape index (κ3) is 12.2. The number of hydrogen-bond acceptors (Lipinski definition) is 8. The van der Waals surface area contributed by atoms with Gasteiger partial charge >= 0.3 is 0 Å². The quantitative estimate of drug-likeness (QED) is 0.0370. The minimum absolute atomic E-state index is 0.0962. The van der Waals surface area contributed by atoms with E-state index in [1.54, 1.807) is 14.2 Å². The lowest BCUT2D eigenvalue weighted by atomic mass is 9.78. The zero-order valence-electron chi connectivity index (χ0n) is 31.8. The van der Waals surface area contributed by atoms with Crippen molar-refractivity contribution in [3.8, 4) is 0 Å². The van der Waals surface area contributed by atoms with Crippen molar-refractivity contribution in [3.05, 3.63) is 167 Å². The topological polar surface area (TPSA) is 84.6 Å². The van der Waals surface area contributed by atoms with Gasteiger partial charge in [0.1, 0.15) is 0 Å². The average molecular weight is 733 g/mol. The van der Waals surface area contributed by atoms with Crippen molar-refractivity contribution in [2.24, 2.45) is 0 Å². The van der Waals surface area contributed by atoms with Crippen molar-refractivity contribution < 1.29 is 28.4 Å². The molecule has 0 radical (unpaired) electrons. The van der Waals surface area contributed by atoms with E-state index in [4.69, 9.17) is 34.2 Å². The Morgan fingerprint density at radius 3 is 1.04 bits per heavy atom. The molecule has 0 spiro atoms. The molecule has 0 saturated heterocycles. The molecule has 8 nitrogen and oxygen atoms in total. The molecule has 5 aromatic rings. The highest BCUT2D eigenvalue weighted by Gasteiger charge is 2.27. The Balaban J connectivity index is 1.57. The summed E-state index contributed by atoms with van der Waals surface area (Å²) in [6.07, 6.45) is 0. The van der Waals surface area contributed by atoms with Crippen molar-refractivity contribution in [1.29, 1.82) is 0 Å². The van der Waals surface area contributed by atoms with Gasteiger partial charge in [-0.3, -0.25) is 0 Å². The van der Waals surface area contributed by atoms with Crippen LogP contribution in [0, 0.1) is 0 Å². The maximum Gasteiger partial charge on any atom is 0.0701 e. The molecule has 0 heterocycles. The molecule has 5 rings (SSSR count). The molecule has 0 aliphatic carbocycles. The molecule has 8 heteroatoms. The van der Waals surface area contributed by atoms with Crippen LogP contribution in [0.2, 0.25) is 0 Å².